The van der Waals surface area contributed by atoms with Crippen molar-refractivity contribution >= 4 is 18.1 Å². The van der Waals surface area contributed by atoms with Crippen LogP contribution in [0.3, 0.4) is 0 Å². The fourth-order valence-corrected chi connectivity index (χ4v) is 3.96. The Morgan fingerprint density at radius 1 is 1.18 bits per heavy atom. The van der Waals surface area contributed by atoms with Gasteiger partial charge in [-0.15, -0.1) is 0 Å². The minimum atomic E-state index is 0.194. The Balaban J connectivity index is 1.34. The van der Waals surface area contributed by atoms with E-state index >= 15 is 0 Å². The third-order valence-electron chi connectivity index (χ3n) is 5.83. The zero-order chi connectivity index (χ0) is 19.7. The summed E-state index contributed by atoms with van der Waals surface area (Å²) in [4.78, 5) is 14.8. The van der Waals surface area contributed by atoms with Crippen LogP contribution in [0.15, 0.2) is 18.2 Å². The number of carbonyl (C=O) groups is 1. The molecule has 2 fully saturated rings. The maximum Gasteiger partial charge on any atom is 0.275 e. The molecule has 8 nitrogen and oxygen atoms in total. The number of benzene rings is 1. The highest BCUT2D eigenvalue weighted by Gasteiger charge is 2.28. The van der Waals surface area contributed by atoms with E-state index in [1.54, 1.807) is 4.68 Å². The van der Waals surface area contributed by atoms with Gasteiger partial charge in [0.1, 0.15) is 26.2 Å². The summed E-state index contributed by atoms with van der Waals surface area (Å²) < 4.78 is 4.19. The average molecular weight is 404 g/mol. The van der Waals surface area contributed by atoms with Crippen LogP contribution in [-0.4, -0.2) is 64.5 Å². The lowest BCUT2D eigenvalue weighted by Gasteiger charge is -2.28. The van der Waals surface area contributed by atoms with E-state index in [1.165, 1.54) is 20.9 Å². The highest BCUT2D eigenvalue weighted by atomic mass is 32.1. The van der Waals surface area contributed by atoms with Gasteiger partial charge in [0.25, 0.3) is 5.91 Å². The highest BCUT2D eigenvalue weighted by molar-refractivity contribution is 7.71. The number of rotatable bonds is 6. The molecule has 150 valence electrons. The minimum absolute atomic E-state index is 0.194. The van der Waals surface area contributed by atoms with E-state index in [0.29, 0.717) is 24.0 Å². The molecule has 1 aliphatic heterocycles. The zero-order valence-electron chi connectivity index (χ0n) is 16.6. The van der Waals surface area contributed by atoms with Crippen LogP contribution in [0.4, 0.5) is 0 Å². The molecular weight excluding hydrogens is 374 g/mol. The third-order valence-corrected chi connectivity index (χ3v) is 6.22. The third kappa shape index (κ3) is 4.31. The summed E-state index contributed by atoms with van der Waals surface area (Å²) in [6.45, 7) is 9.46. The van der Waals surface area contributed by atoms with Gasteiger partial charge in [-0.25, -0.2) is 0 Å². The molecule has 1 amide bonds. The molecule has 2 heterocycles. The molecule has 0 radical (unpaired) electrons. The summed E-state index contributed by atoms with van der Waals surface area (Å²) in [7, 11) is 0. The quantitative estimate of drug-likeness (QED) is 0.510. The second-order valence-electron chi connectivity index (χ2n) is 8.07. The summed E-state index contributed by atoms with van der Waals surface area (Å²) >= 11 is 5.63. The number of quaternary nitrogens is 2. The lowest BCUT2D eigenvalue weighted by molar-refractivity contribution is -1.02. The van der Waals surface area contributed by atoms with Crippen LogP contribution >= 0.6 is 12.2 Å². The molecule has 2 aliphatic rings. The van der Waals surface area contributed by atoms with Gasteiger partial charge in [0, 0.05) is 6.04 Å². The maximum absolute atomic E-state index is 12.0. The first-order chi connectivity index (χ1) is 13.5. The smallest absolute Gasteiger partial charge is 0.275 e. The van der Waals surface area contributed by atoms with E-state index in [-0.39, 0.29) is 5.91 Å². The summed E-state index contributed by atoms with van der Waals surface area (Å²) in [5.41, 5.74) is 3.37. The molecule has 2 aromatic rings. The number of hydrogen-bond acceptors (Lipinski definition) is 4. The second kappa shape index (κ2) is 8.10. The van der Waals surface area contributed by atoms with Gasteiger partial charge in [-0.05, 0) is 66.5 Å². The van der Waals surface area contributed by atoms with Crippen molar-refractivity contribution in [2.24, 2.45) is 0 Å². The van der Waals surface area contributed by atoms with Crippen LogP contribution in [0.2, 0.25) is 0 Å². The molecule has 4 rings (SSSR count). The Hall–Kier alpha value is -2.10. The normalized spacial score (nSPS) is 22.2. The van der Waals surface area contributed by atoms with Crippen molar-refractivity contribution in [2.75, 3.05) is 32.7 Å². The summed E-state index contributed by atoms with van der Waals surface area (Å²) in [6, 6.07) is 6.58. The molecule has 1 saturated heterocycles. The van der Waals surface area contributed by atoms with E-state index in [2.05, 4.69) is 35.7 Å². The zero-order valence-corrected chi connectivity index (χ0v) is 17.4. The molecule has 0 unspecified atom stereocenters. The molecule has 0 atom stereocenters. The van der Waals surface area contributed by atoms with Crippen molar-refractivity contribution in [1.29, 1.82) is 0 Å². The number of carbonyl (C=O) groups excluding carboxylic acids is 1. The van der Waals surface area contributed by atoms with Crippen LogP contribution in [-0.2, 0) is 11.5 Å². The molecule has 1 aromatic heterocycles. The van der Waals surface area contributed by atoms with Gasteiger partial charge >= 0.3 is 0 Å². The minimum Gasteiger partial charge on any atom is -0.348 e. The van der Waals surface area contributed by atoms with Gasteiger partial charge in [-0.1, -0.05) is 12.1 Å². The molecule has 1 aromatic carbocycles. The Labute approximate surface area is 170 Å². The van der Waals surface area contributed by atoms with E-state index in [1.807, 2.05) is 16.8 Å². The van der Waals surface area contributed by atoms with E-state index in [0.717, 1.165) is 44.7 Å². The number of hydrogen-bond donors (Lipinski definition) is 3. The summed E-state index contributed by atoms with van der Waals surface area (Å²) in [5.74, 6) is 0.194. The molecule has 1 saturated carbocycles. The van der Waals surface area contributed by atoms with Gasteiger partial charge in [0.2, 0.25) is 4.77 Å². The summed E-state index contributed by atoms with van der Waals surface area (Å²) in [6.07, 6.45) is 2.28. The predicted octanol–water partition coefficient (Wildman–Crippen LogP) is -1.57. The van der Waals surface area contributed by atoms with Gasteiger partial charge in [0.05, 0.1) is 5.69 Å². The standard InChI is InChI=1S/C19H27N7OS/c1-14-4-3-5-17(15(14)2)26-19(28)25(21-22-26)13-24-10-8-23(9-11-24)12-18(27)20-16-6-7-16/h3-5,16H,6-13H2,1-2H3,(H,20,27)/p+2. The van der Waals surface area contributed by atoms with Crippen LogP contribution in [0.25, 0.3) is 5.69 Å². The number of amides is 1. The lowest BCUT2D eigenvalue weighted by Crippen LogP contribution is -3.28. The first kappa shape index (κ1) is 19.2. The van der Waals surface area contributed by atoms with E-state index < -0.39 is 0 Å². The van der Waals surface area contributed by atoms with Gasteiger partial charge in [-0.2, -0.15) is 9.36 Å². The summed E-state index contributed by atoms with van der Waals surface area (Å²) in [5, 5.41) is 11.7. The molecule has 1 aliphatic carbocycles. The van der Waals surface area contributed by atoms with E-state index in [9.17, 15) is 4.79 Å². The van der Waals surface area contributed by atoms with Crippen molar-refractivity contribution in [3.8, 4) is 5.69 Å². The number of tetrazole rings is 1. The van der Waals surface area contributed by atoms with Crippen molar-refractivity contribution in [3.63, 3.8) is 0 Å². The molecule has 0 bridgehead atoms. The van der Waals surface area contributed by atoms with Crippen molar-refractivity contribution in [2.45, 2.75) is 39.4 Å². The van der Waals surface area contributed by atoms with Gasteiger partial charge in [-0.3, -0.25) is 4.79 Å². The number of nitrogens with one attached hydrogen (secondary N) is 3. The molecular formula is C19H29N7OS+2. The first-order valence-corrected chi connectivity index (χ1v) is 10.5. The fraction of sp³-hybridized carbons (Fsp3) is 0.579. The van der Waals surface area contributed by atoms with Crippen LogP contribution < -0.4 is 15.1 Å². The van der Waals surface area contributed by atoms with Gasteiger partial charge in [0.15, 0.2) is 13.2 Å². The van der Waals surface area contributed by atoms with Gasteiger partial charge < -0.3 is 15.1 Å². The Morgan fingerprint density at radius 2 is 1.89 bits per heavy atom. The topological polar surface area (TPSA) is 73.6 Å². The SMILES string of the molecule is Cc1cccc(-n2nnn(C[NH+]3CC[NH+](CC(=O)NC4CC4)CC3)c2=S)c1C. The predicted molar refractivity (Wildman–Crippen MR) is 107 cm³/mol. The molecule has 0 spiro atoms. The average Bonchev–Trinajstić information content (AvgIpc) is 3.42. The van der Waals surface area contributed by atoms with E-state index in [4.69, 9.17) is 12.2 Å². The Bertz CT molecular complexity index is 909. The van der Waals surface area contributed by atoms with Crippen molar-refractivity contribution < 1.29 is 14.6 Å². The Morgan fingerprint density at radius 3 is 2.61 bits per heavy atom. The highest BCUT2D eigenvalue weighted by Crippen LogP contribution is 2.18. The van der Waals surface area contributed by atoms with Crippen LogP contribution in [0, 0.1) is 18.6 Å². The number of aromatic nitrogens is 4. The number of aryl methyl sites for hydroxylation is 1. The van der Waals surface area contributed by atoms with Crippen LogP contribution in [0.1, 0.15) is 24.0 Å². The second-order valence-corrected chi connectivity index (χ2v) is 8.43. The monoisotopic (exact) mass is 403 g/mol. The van der Waals surface area contributed by atoms with Crippen molar-refractivity contribution in [3.05, 3.63) is 34.1 Å². The first-order valence-electron chi connectivity index (χ1n) is 10.1. The number of nitrogens with zero attached hydrogens (tertiary/aromatic N) is 4. The largest absolute Gasteiger partial charge is 0.348 e. The molecule has 28 heavy (non-hydrogen) atoms. The lowest BCUT2D eigenvalue weighted by atomic mass is 10.1. The molecule has 3 N–H and O–H groups in total. The molecule has 9 heteroatoms. The Kier molecular flexibility index (Phi) is 5.56. The number of piperazine rings is 1. The maximum atomic E-state index is 12.0. The van der Waals surface area contributed by atoms with Crippen LogP contribution in [0.5, 0.6) is 0 Å². The fourth-order valence-electron chi connectivity index (χ4n) is 3.73. The van der Waals surface area contributed by atoms with Crippen molar-refractivity contribution in [1.82, 2.24) is 25.1 Å².